The van der Waals surface area contributed by atoms with E-state index in [0.717, 1.165) is 16.6 Å². The number of carbonyl (C=O) groups excluding carboxylic acids is 1. The topological polar surface area (TPSA) is 56.1 Å². The fourth-order valence-corrected chi connectivity index (χ4v) is 2.20. The van der Waals surface area contributed by atoms with Gasteiger partial charge >= 0.3 is 6.09 Å². The highest BCUT2D eigenvalue weighted by atomic mass is 16.5. The predicted octanol–water partition coefficient (Wildman–Crippen LogP) is 3.26. The molecule has 0 radical (unpaired) electrons. The number of fused-ring (bicyclic) bond motifs is 1. The van der Waals surface area contributed by atoms with Gasteiger partial charge in [-0.05, 0) is 17.7 Å². The largest absolute Gasteiger partial charge is 0.452 e. The fourth-order valence-electron chi connectivity index (χ4n) is 2.20. The van der Waals surface area contributed by atoms with Gasteiger partial charge in [-0.2, -0.15) is 0 Å². The molecule has 0 saturated carbocycles. The third-order valence-electron chi connectivity index (χ3n) is 3.21. The van der Waals surface area contributed by atoms with Gasteiger partial charge in [-0.1, -0.05) is 42.5 Å². The van der Waals surface area contributed by atoms with Gasteiger partial charge in [0.2, 0.25) is 5.95 Å². The van der Waals surface area contributed by atoms with Crippen LogP contribution in [0.3, 0.4) is 0 Å². The van der Waals surface area contributed by atoms with Gasteiger partial charge in [-0.25, -0.2) is 14.3 Å². The Morgan fingerprint density at radius 3 is 2.62 bits per heavy atom. The molecule has 3 aromatic rings. The van der Waals surface area contributed by atoms with Crippen molar-refractivity contribution in [1.82, 2.24) is 9.55 Å². The Morgan fingerprint density at radius 2 is 1.86 bits per heavy atom. The van der Waals surface area contributed by atoms with Crippen LogP contribution in [0.25, 0.3) is 11.0 Å². The van der Waals surface area contributed by atoms with E-state index in [4.69, 9.17) is 4.74 Å². The summed E-state index contributed by atoms with van der Waals surface area (Å²) in [6.07, 6.45) is -0.459. The Hall–Kier alpha value is -2.82. The molecule has 1 N–H and O–H groups in total. The van der Waals surface area contributed by atoms with Crippen LogP contribution in [-0.2, 0) is 11.3 Å². The number of anilines is 1. The molecule has 0 fully saturated rings. The molecule has 1 heterocycles. The van der Waals surface area contributed by atoms with E-state index in [2.05, 4.69) is 10.3 Å². The maximum atomic E-state index is 12.0. The number of nitrogens with zero attached hydrogens (tertiary/aromatic N) is 2. The summed E-state index contributed by atoms with van der Waals surface area (Å²) in [5.74, 6) is 0.479. The maximum absolute atomic E-state index is 12.0. The van der Waals surface area contributed by atoms with E-state index in [-0.39, 0.29) is 0 Å². The van der Waals surface area contributed by atoms with Gasteiger partial charge in [0.25, 0.3) is 0 Å². The van der Waals surface area contributed by atoms with Crippen molar-refractivity contribution in [1.29, 1.82) is 0 Å². The van der Waals surface area contributed by atoms with Crippen molar-refractivity contribution in [2.75, 3.05) is 12.4 Å². The second-order valence-electron chi connectivity index (χ2n) is 4.57. The average molecular weight is 281 g/mol. The third-order valence-corrected chi connectivity index (χ3v) is 3.21. The number of imidazole rings is 1. The first kappa shape index (κ1) is 13.2. The van der Waals surface area contributed by atoms with Crippen LogP contribution in [0.1, 0.15) is 5.56 Å². The number of ether oxygens (including phenoxy) is 1. The number of rotatable bonds is 3. The summed E-state index contributed by atoms with van der Waals surface area (Å²) in [6, 6.07) is 17.4. The van der Waals surface area contributed by atoms with Gasteiger partial charge in [0, 0.05) is 6.54 Å². The molecule has 5 nitrogen and oxygen atoms in total. The first-order valence-corrected chi connectivity index (χ1v) is 6.63. The number of methoxy groups -OCH3 is 1. The van der Waals surface area contributed by atoms with Gasteiger partial charge in [0.1, 0.15) is 0 Å². The summed E-state index contributed by atoms with van der Waals surface area (Å²) >= 11 is 0. The zero-order valence-corrected chi connectivity index (χ0v) is 11.6. The van der Waals surface area contributed by atoms with Crippen LogP contribution in [0.15, 0.2) is 54.6 Å². The highest BCUT2D eigenvalue weighted by Gasteiger charge is 2.16. The van der Waals surface area contributed by atoms with Crippen LogP contribution in [0, 0.1) is 0 Å². The molecule has 0 unspecified atom stereocenters. The molecule has 106 valence electrons. The standard InChI is InChI=1S/C16H15N3O2/c1-21-16(20)19-14-10-6-5-9-13(14)18-15(19)17-11-12-7-3-2-4-8-12/h2-10H,11H2,1H3,(H,17,18). The molecule has 21 heavy (non-hydrogen) atoms. The molecule has 0 aliphatic carbocycles. The molecule has 0 amide bonds. The molecule has 1 aromatic heterocycles. The minimum atomic E-state index is -0.459. The van der Waals surface area contributed by atoms with E-state index in [0.29, 0.717) is 12.5 Å². The number of benzene rings is 2. The van der Waals surface area contributed by atoms with Gasteiger partial charge in [0.15, 0.2) is 0 Å². The summed E-state index contributed by atoms with van der Waals surface area (Å²) in [7, 11) is 1.36. The molecule has 2 aromatic carbocycles. The Balaban J connectivity index is 1.95. The Kier molecular flexibility index (Phi) is 3.55. The van der Waals surface area contributed by atoms with Crippen LogP contribution in [0.5, 0.6) is 0 Å². The lowest BCUT2D eigenvalue weighted by molar-refractivity contribution is 0.174. The zero-order valence-electron chi connectivity index (χ0n) is 11.6. The quantitative estimate of drug-likeness (QED) is 0.800. The Morgan fingerprint density at radius 1 is 1.14 bits per heavy atom. The third kappa shape index (κ3) is 2.58. The number of hydrogen-bond acceptors (Lipinski definition) is 4. The van der Waals surface area contributed by atoms with Crippen molar-refractivity contribution in [3.05, 3.63) is 60.2 Å². The van der Waals surface area contributed by atoms with Gasteiger partial charge in [-0.15, -0.1) is 0 Å². The van der Waals surface area contributed by atoms with Crippen LogP contribution < -0.4 is 5.32 Å². The second kappa shape index (κ2) is 5.66. The van der Waals surface area contributed by atoms with E-state index < -0.39 is 6.09 Å². The van der Waals surface area contributed by atoms with Crippen molar-refractivity contribution in [3.63, 3.8) is 0 Å². The van der Waals surface area contributed by atoms with Crippen molar-refractivity contribution in [2.45, 2.75) is 6.54 Å². The van der Waals surface area contributed by atoms with Gasteiger partial charge in [-0.3, -0.25) is 0 Å². The van der Waals surface area contributed by atoms with E-state index in [1.54, 1.807) is 0 Å². The van der Waals surface area contributed by atoms with Gasteiger partial charge < -0.3 is 10.1 Å². The molecule has 0 atom stereocenters. The lowest BCUT2D eigenvalue weighted by Crippen LogP contribution is -2.15. The number of carbonyl (C=O) groups is 1. The zero-order chi connectivity index (χ0) is 14.7. The van der Waals surface area contributed by atoms with Crippen molar-refractivity contribution in [3.8, 4) is 0 Å². The highest BCUT2D eigenvalue weighted by Crippen LogP contribution is 2.20. The molecular formula is C16H15N3O2. The van der Waals surface area contributed by atoms with Crippen LogP contribution in [0.4, 0.5) is 10.7 Å². The number of aromatic nitrogens is 2. The van der Waals surface area contributed by atoms with Crippen molar-refractivity contribution >= 4 is 23.1 Å². The monoisotopic (exact) mass is 281 g/mol. The molecular weight excluding hydrogens is 266 g/mol. The Bertz CT molecular complexity index is 766. The molecule has 0 aliphatic heterocycles. The minimum absolute atomic E-state index is 0.459. The van der Waals surface area contributed by atoms with E-state index in [9.17, 15) is 4.79 Å². The fraction of sp³-hybridized carbons (Fsp3) is 0.125. The van der Waals surface area contributed by atoms with Crippen LogP contribution in [0.2, 0.25) is 0 Å². The summed E-state index contributed by atoms with van der Waals surface area (Å²) in [5.41, 5.74) is 2.58. The number of nitrogens with one attached hydrogen (secondary N) is 1. The summed E-state index contributed by atoms with van der Waals surface area (Å²) < 4.78 is 6.28. The first-order valence-electron chi connectivity index (χ1n) is 6.63. The molecule has 0 bridgehead atoms. The molecule has 5 heteroatoms. The van der Waals surface area contributed by atoms with Crippen molar-refractivity contribution < 1.29 is 9.53 Å². The van der Waals surface area contributed by atoms with Crippen LogP contribution >= 0.6 is 0 Å². The maximum Gasteiger partial charge on any atom is 0.421 e. The highest BCUT2D eigenvalue weighted by molar-refractivity contribution is 5.90. The minimum Gasteiger partial charge on any atom is -0.452 e. The predicted molar refractivity (Wildman–Crippen MR) is 81.3 cm³/mol. The summed E-state index contributed by atoms with van der Waals surface area (Å²) in [4.78, 5) is 16.4. The smallest absolute Gasteiger partial charge is 0.421 e. The summed E-state index contributed by atoms with van der Waals surface area (Å²) in [5, 5.41) is 3.19. The number of hydrogen-bond donors (Lipinski definition) is 1. The van der Waals surface area contributed by atoms with E-state index in [1.165, 1.54) is 11.7 Å². The normalized spacial score (nSPS) is 10.5. The van der Waals surface area contributed by atoms with Gasteiger partial charge in [0.05, 0.1) is 18.1 Å². The lowest BCUT2D eigenvalue weighted by atomic mass is 10.2. The van der Waals surface area contributed by atoms with E-state index >= 15 is 0 Å². The molecule has 0 spiro atoms. The van der Waals surface area contributed by atoms with E-state index in [1.807, 2.05) is 54.6 Å². The molecule has 0 saturated heterocycles. The lowest BCUT2D eigenvalue weighted by Gasteiger charge is -2.08. The summed E-state index contributed by atoms with van der Waals surface area (Å²) in [6.45, 7) is 0.584. The molecule has 0 aliphatic rings. The van der Waals surface area contributed by atoms with Crippen LogP contribution in [-0.4, -0.2) is 22.8 Å². The second-order valence-corrected chi connectivity index (χ2v) is 4.57. The SMILES string of the molecule is COC(=O)n1c(NCc2ccccc2)nc2ccccc21. The van der Waals surface area contributed by atoms with Crippen molar-refractivity contribution in [2.24, 2.45) is 0 Å². The first-order chi connectivity index (χ1) is 10.3. The number of para-hydroxylation sites is 2. The molecule has 3 rings (SSSR count). The Labute approximate surface area is 122 Å². The average Bonchev–Trinajstić information content (AvgIpc) is 2.91.